The van der Waals surface area contributed by atoms with Crippen molar-refractivity contribution >= 4 is 29.2 Å². The lowest BCUT2D eigenvalue weighted by atomic mass is 10.0. The second-order valence-electron chi connectivity index (χ2n) is 7.21. The molecule has 166 valence electrons. The van der Waals surface area contributed by atoms with Crippen LogP contribution in [0.3, 0.4) is 0 Å². The Morgan fingerprint density at radius 2 is 1.94 bits per heavy atom. The van der Waals surface area contributed by atoms with Gasteiger partial charge in [0, 0.05) is 12.1 Å². The number of aromatic nitrogens is 3. The van der Waals surface area contributed by atoms with Crippen LogP contribution < -0.4 is 5.32 Å². The third-order valence-electron chi connectivity index (χ3n) is 4.54. The van der Waals surface area contributed by atoms with Gasteiger partial charge in [0.05, 0.1) is 27.4 Å². The molecule has 0 aliphatic rings. The van der Waals surface area contributed by atoms with Gasteiger partial charge >= 0.3 is 5.97 Å². The molecule has 2 aromatic carbocycles. The Labute approximate surface area is 188 Å². The number of nitrogens with zero attached hydrogens (tertiary/aromatic N) is 4. The summed E-state index contributed by atoms with van der Waals surface area (Å²) >= 11 is 6.01. The number of carbonyl (C=O) groups excluding carboxylic acids is 2. The Kier molecular flexibility index (Phi) is 7.16. The van der Waals surface area contributed by atoms with E-state index in [1.165, 1.54) is 12.1 Å². The van der Waals surface area contributed by atoms with Crippen molar-refractivity contribution in [3.8, 4) is 5.69 Å². The van der Waals surface area contributed by atoms with Crippen molar-refractivity contribution < 1.29 is 19.2 Å². The number of hydrogen-bond acceptors (Lipinski definition) is 7. The molecule has 1 heterocycles. The van der Waals surface area contributed by atoms with Crippen LogP contribution in [0.2, 0.25) is 5.02 Å². The highest BCUT2D eigenvalue weighted by atomic mass is 35.5. The largest absolute Gasteiger partial charge is 0.458 e. The summed E-state index contributed by atoms with van der Waals surface area (Å²) in [6.07, 6.45) is 1.64. The minimum Gasteiger partial charge on any atom is -0.458 e. The molecule has 0 unspecified atom stereocenters. The van der Waals surface area contributed by atoms with Crippen LogP contribution in [0.5, 0.6) is 0 Å². The van der Waals surface area contributed by atoms with E-state index in [4.69, 9.17) is 16.3 Å². The number of amides is 1. The Hall–Kier alpha value is -3.79. The van der Waals surface area contributed by atoms with Crippen LogP contribution in [-0.2, 0) is 16.1 Å². The lowest BCUT2D eigenvalue weighted by Gasteiger charge is -2.21. The maximum atomic E-state index is 12.6. The second-order valence-corrected chi connectivity index (χ2v) is 7.62. The quantitative estimate of drug-likeness (QED) is 0.312. The maximum Gasteiger partial charge on any atom is 0.329 e. The second kappa shape index (κ2) is 10.0. The first kappa shape index (κ1) is 22.9. The van der Waals surface area contributed by atoms with E-state index in [0.717, 1.165) is 11.8 Å². The van der Waals surface area contributed by atoms with Gasteiger partial charge in [0.25, 0.3) is 11.6 Å². The fourth-order valence-corrected chi connectivity index (χ4v) is 3.09. The van der Waals surface area contributed by atoms with E-state index < -0.39 is 22.8 Å². The highest BCUT2D eigenvalue weighted by Gasteiger charge is 2.27. The molecule has 1 amide bonds. The molecule has 0 fully saturated rings. The fourth-order valence-electron chi connectivity index (χ4n) is 2.82. The first-order valence-corrected chi connectivity index (χ1v) is 10.0. The van der Waals surface area contributed by atoms with Crippen LogP contribution in [0.4, 0.5) is 5.69 Å². The molecule has 3 rings (SSSR count). The SMILES string of the molecule is CC(C)[C@@H](NC(=O)c1ccc([N+](=O)[O-])cc1Cl)C(=O)OCc1cn(-c2ccccc2)nn1. The highest BCUT2D eigenvalue weighted by Crippen LogP contribution is 2.23. The van der Waals surface area contributed by atoms with Crippen LogP contribution in [0.15, 0.2) is 54.7 Å². The minimum atomic E-state index is -0.960. The van der Waals surface area contributed by atoms with Crippen molar-refractivity contribution in [2.75, 3.05) is 0 Å². The number of non-ortho nitro benzene ring substituents is 1. The third kappa shape index (κ3) is 5.46. The highest BCUT2D eigenvalue weighted by molar-refractivity contribution is 6.34. The van der Waals surface area contributed by atoms with E-state index in [-0.39, 0.29) is 28.8 Å². The first-order valence-electron chi connectivity index (χ1n) is 9.64. The lowest BCUT2D eigenvalue weighted by molar-refractivity contribution is -0.384. The van der Waals surface area contributed by atoms with Crippen molar-refractivity contribution in [1.82, 2.24) is 20.3 Å². The molecule has 3 aromatic rings. The van der Waals surface area contributed by atoms with E-state index in [2.05, 4.69) is 15.6 Å². The molecule has 1 atom stereocenters. The Bertz CT molecular complexity index is 1130. The average Bonchev–Trinajstić information content (AvgIpc) is 3.25. The molecule has 0 aliphatic heterocycles. The molecule has 32 heavy (non-hydrogen) atoms. The molecule has 0 saturated carbocycles. The fraction of sp³-hybridized carbons (Fsp3) is 0.238. The van der Waals surface area contributed by atoms with Crippen molar-refractivity contribution in [1.29, 1.82) is 0 Å². The summed E-state index contributed by atoms with van der Waals surface area (Å²) in [4.78, 5) is 35.4. The van der Waals surface area contributed by atoms with Gasteiger partial charge in [-0.15, -0.1) is 5.10 Å². The summed E-state index contributed by atoms with van der Waals surface area (Å²) in [6.45, 7) is 3.37. The Morgan fingerprint density at radius 1 is 1.22 bits per heavy atom. The van der Waals surface area contributed by atoms with Crippen molar-refractivity contribution in [3.05, 3.63) is 81.1 Å². The molecule has 11 heteroatoms. The average molecular weight is 458 g/mol. The number of hydrogen-bond donors (Lipinski definition) is 1. The normalized spacial score (nSPS) is 11.8. The number of nitro groups is 1. The predicted octanol–water partition coefficient (Wildman–Crippen LogP) is 3.33. The molecule has 0 spiro atoms. The summed E-state index contributed by atoms with van der Waals surface area (Å²) in [6, 6.07) is 11.9. The van der Waals surface area contributed by atoms with Crippen LogP contribution in [-0.4, -0.2) is 37.8 Å². The number of para-hydroxylation sites is 1. The van der Waals surface area contributed by atoms with Gasteiger partial charge in [-0.25, -0.2) is 9.48 Å². The summed E-state index contributed by atoms with van der Waals surface area (Å²) in [7, 11) is 0. The standard InChI is InChI=1S/C21H20ClN5O5/c1-13(2)19(23-20(28)17-9-8-16(27(30)31)10-18(17)22)21(29)32-12-14-11-26(25-24-14)15-6-4-3-5-7-15/h3-11,13,19H,12H2,1-2H3,(H,23,28)/t19-/m1/s1. The van der Waals surface area contributed by atoms with Crippen LogP contribution >= 0.6 is 11.6 Å². The van der Waals surface area contributed by atoms with Gasteiger partial charge in [-0.05, 0) is 24.1 Å². The molecule has 0 radical (unpaired) electrons. The number of benzene rings is 2. The summed E-state index contributed by atoms with van der Waals surface area (Å²) in [5.74, 6) is -1.58. The van der Waals surface area contributed by atoms with E-state index in [1.807, 2.05) is 30.3 Å². The number of halogens is 1. The van der Waals surface area contributed by atoms with Crippen molar-refractivity contribution in [2.45, 2.75) is 26.5 Å². The molecule has 10 nitrogen and oxygen atoms in total. The molecule has 0 saturated heterocycles. The summed E-state index contributed by atoms with van der Waals surface area (Å²) < 4.78 is 6.88. The van der Waals surface area contributed by atoms with Crippen LogP contribution in [0, 0.1) is 16.0 Å². The number of carbonyl (C=O) groups is 2. The predicted molar refractivity (Wildman–Crippen MR) is 115 cm³/mol. The summed E-state index contributed by atoms with van der Waals surface area (Å²) in [5, 5.41) is 21.3. The van der Waals surface area contributed by atoms with Gasteiger partial charge in [0.2, 0.25) is 0 Å². The lowest BCUT2D eigenvalue weighted by Crippen LogP contribution is -2.45. The number of esters is 1. The van der Waals surface area contributed by atoms with Crippen LogP contribution in [0.25, 0.3) is 5.69 Å². The van der Waals surface area contributed by atoms with Crippen molar-refractivity contribution in [2.24, 2.45) is 5.92 Å². The molecule has 1 N–H and O–H groups in total. The molecule has 0 bridgehead atoms. The first-order chi connectivity index (χ1) is 15.3. The zero-order valence-electron chi connectivity index (χ0n) is 17.3. The number of nitrogens with one attached hydrogen (secondary N) is 1. The van der Waals surface area contributed by atoms with Gasteiger partial charge in [-0.3, -0.25) is 14.9 Å². The molecule has 0 aliphatic carbocycles. The third-order valence-corrected chi connectivity index (χ3v) is 4.85. The monoisotopic (exact) mass is 457 g/mol. The topological polar surface area (TPSA) is 129 Å². The molecule has 1 aromatic heterocycles. The zero-order chi connectivity index (χ0) is 23.3. The number of nitro benzene ring substituents is 1. The zero-order valence-corrected chi connectivity index (χ0v) is 18.0. The van der Waals surface area contributed by atoms with Gasteiger partial charge in [-0.2, -0.15) is 0 Å². The van der Waals surface area contributed by atoms with Gasteiger partial charge < -0.3 is 10.1 Å². The Morgan fingerprint density at radius 3 is 2.56 bits per heavy atom. The van der Waals surface area contributed by atoms with E-state index >= 15 is 0 Å². The maximum absolute atomic E-state index is 12.6. The van der Waals surface area contributed by atoms with Gasteiger partial charge in [0.15, 0.2) is 0 Å². The van der Waals surface area contributed by atoms with E-state index in [1.54, 1.807) is 24.7 Å². The smallest absolute Gasteiger partial charge is 0.329 e. The van der Waals surface area contributed by atoms with E-state index in [9.17, 15) is 19.7 Å². The van der Waals surface area contributed by atoms with Gasteiger partial charge in [-0.1, -0.05) is 48.9 Å². The van der Waals surface area contributed by atoms with E-state index in [0.29, 0.717) is 5.69 Å². The van der Waals surface area contributed by atoms with Gasteiger partial charge in [0.1, 0.15) is 18.3 Å². The molecular weight excluding hydrogens is 438 g/mol. The van der Waals surface area contributed by atoms with Crippen LogP contribution in [0.1, 0.15) is 29.9 Å². The minimum absolute atomic E-state index is 0.0153. The number of ether oxygens (including phenoxy) is 1. The summed E-state index contributed by atoms with van der Waals surface area (Å²) in [5.41, 5.74) is 1.02. The Balaban J connectivity index is 1.64. The molecular formula is C21H20ClN5O5. The van der Waals surface area contributed by atoms with Crippen molar-refractivity contribution in [3.63, 3.8) is 0 Å². The number of rotatable bonds is 8.